The number of piperidine rings is 1. The maximum absolute atomic E-state index is 12.4. The molecule has 1 aliphatic carbocycles. The highest BCUT2D eigenvalue weighted by molar-refractivity contribution is 5.81. The third-order valence-electron chi connectivity index (χ3n) is 6.62. The Labute approximate surface area is 174 Å². The van der Waals surface area contributed by atoms with Crippen LogP contribution in [0.3, 0.4) is 0 Å². The van der Waals surface area contributed by atoms with Crippen molar-refractivity contribution in [3.63, 3.8) is 0 Å². The Morgan fingerprint density at radius 2 is 1.77 bits per heavy atom. The minimum Gasteiger partial charge on any atom is -0.475 e. The molecule has 4 fully saturated rings. The SMILES string of the molecule is O=C(NCC1CCOCC1)[C@H]1C[C@@H]2CCN(C3CCC3)C[C@@H]2O1.O=C(O)C(F)(F)F. The summed E-state index contributed by atoms with van der Waals surface area (Å²) in [7, 11) is 0. The first-order valence-corrected chi connectivity index (χ1v) is 10.8. The number of ether oxygens (including phenoxy) is 2. The number of likely N-dealkylation sites (tertiary alicyclic amines) is 1. The molecule has 3 atom stereocenters. The van der Waals surface area contributed by atoms with Crippen molar-refractivity contribution >= 4 is 11.9 Å². The van der Waals surface area contributed by atoms with E-state index in [0.29, 0.717) is 11.8 Å². The van der Waals surface area contributed by atoms with Crippen LogP contribution in [-0.2, 0) is 19.1 Å². The number of carboxylic acid groups (broad SMARTS) is 1. The standard InChI is InChI=1S/C18H30N2O3.C2HF3O2/c21-18(19-11-13-5-8-22-9-6-13)16-10-14-4-7-20(12-17(14)23-16)15-2-1-3-15;3-2(4,5)1(6)7/h13-17H,1-12H2,(H,19,21);(H,6,7)/t14-,16+,17-;/m0./s1. The van der Waals surface area contributed by atoms with Gasteiger partial charge < -0.3 is 19.9 Å². The first kappa shape index (κ1) is 23.3. The highest BCUT2D eigenvalue weighted by Crippen LogP contribution is 2.36. The van der Waals surface area contributed by atoms with Gasteiger partial charge in [-0.2, -0.15) is 13.2 Å². The fourth-order valence-corrected chi connectivity index (χ4v) is 4.52. The fourth-order valence-electron chi connectivity index (χ4n) is 4.52. The van der Waals surface area contributed by atoms with Gasteiger partial charge in [0.1, 0.15) is 6.10 Å². The molecule has 0 aromatic heterocycles. The Morgan fingerprint density at radius 1 is 1.10 bits per heavy atom. The molecule has 10 heteroatoms. The molecule has 0 spiro atoms. The van der Waals surface area contributed by atoms with Crippen LogP contribution in [0, 0.1) is 11.8 Å². The van der Waals surface area contributed by atoms with Gasteiger partial charge in [0.25, 0.3) is 0 Å². The summed E-state index contributed by atoms with van der Waals surface area (Å²) in [6.07, 6.45) is 3.31. The number of carbonyl (C=O) groups is 2. The number of rotatable bonds is 4. The monoisotopic (exact) mass is 436 g/mol. The number of hydrogen-bond donors (Lipinski definition) is 2. The zero-order valence-corrected chi connectivity index (χ0v) is 17.0. The second-order valence-corrected chi connectivity index (χ2v) is 8.63. The number of carboxylic acids is 1. The van der Waals surface area contributed by atoms with Gasteiger partial charge in [-0.25, -0.2) is 4.79 Å². The van der Waals surface area contributed by atoms with E-state index >= 15 is 0 Å². The molecule has 3 aliphatic heterocycles. The number of nitrogens with one attached hydrogen (secondary N) is 1. The Balaban J connectivity index is 0.000000318. The number of nitrogens with zero attached hydrogens (tertiary/aromatic N) is 1. The van der Waals surface area contributed by atoms with E-state index in [-0.39, 0.29) is 18.1 Å². The molecule has 1 saturated carbocycles. The predicted octanol–water partition coefficient (Wildman–Crippen LogP) is 2.19. The Bertz CT molecular complexity index is 593. The number of alkyl halides is 3. The molecule has 4 aliphatic rings. The van der Waals surface area contributed by atoms with Crippen molar-refractivity contribution in [1.82, 2.24) is 10.2 Å². The summed E-state index contributed by atoms with van der Waals surface area (Å²) in [6, 6.07) is 0.793. The van der Waals surface area contributed by atoms with Gasteiger partial charge in [-0.1, -0.05) is 6.42 Å². The number of aliphatic carboxylic acids is 1. The minimum atomic E-state index is -5.08. The van der Waals surface area contributed by atoms with Crippen LogP contribution in [0.25, 0.3) is 0 Å². The summed E-state index contributed by atoms with van der Waals surface area (Å²) in [4.78, 5) is 23.9. The molecule has 0 unspecified atom stereocenters. The van der Waals surface area contributed by atoms with Crippen LogP contribution in [0.1, 0.15) is 44.9 Å². The summed E-state index contributed by atoms with van der Waals surface area (Å²) in [5.41, 5.74) is 0. The lowest BCUT2D eigenvalue weighted by Gasteiger charge is -2.43. The van der Waals surface area contributed by atoms with Gasteiger partial charge in [-0.15, -0.1) is 0 Å². The van der Waals surface area contributed by atoms with Crippen molar-refractivity contribution in [3.8, 4) is 0 Å². The van der Waals surface area contributed by atoms with Crippen molar-refractivity contribution in [2.75, 3.05) is 32.8 Å². The third kappa shape index (κ3) is 6.31. The molecule has 0 aromatic carbocycles. The summed E-state index contributed by atoms with van der Waals surface area (Å²) in [5, 5.41) is 10.3. The molecule has 172 valence electrons. The largest absolute Gasteiger partial charge is 0.490 e. The molecule has 1 amide bonds. The van der Waals surface area contributed by atoms with Gasteiger partial charge in [-0.3, -0.25) is 9.69 Å². The van der Waals surface area contributed by atoms with E-state index in [1.54, 1.807) is 0 Å². The molecule has 3 saturated heterocycles. The molecule has 4 rings (SSSR count). The third-order valence-corrected chi connectivity index (χ3v) is 6.62. The van der Waals surface area contributed by atoms with Crippen LogP contribution in [0.5, 0.6) is 0 Å². The predicted molar refractivity (Wildman–Crippen MR) is 101 cm³/mol. The lowest BCUT2D eigenvalue weighted by Crippen LogP contribution is -2.49. The molecule has 30 heavy (non-hydrogen) atoms. The first-order chi connectivity index (χ1) is 14.2. The maximum atomic E-state index is 12.4. The molecule has 0 radical (unpaired) electrons. The van der Waals surface area contributed by atoms with Crippen molar-refractivity contribution in [1.29, 1.82) is 0 Å². The number of hydrogen-bond acceptors (Lipinski definition) is 5. The van der Waals surface area contributed by atoms with E-state index in [9.17, 15) is 18.0 Å². The molecular weight excluding hydrogens is 405 g/mol. The lowest BCUT2D eigenvalue weighted by molar-refractivity contribution is -0.192. The average molecular weight is 436 g/mol. The molecule has 7 nitrogen and oxygen atoms in total. The lowest BCUT2D eigenvalue weighted by atomic mass is 9.86. The van der Waals surface area contributed by atoms with Gasteiger partial charge in [0.15, 0.2) is 0 Å². The van der Waals surface area contributed by atoms with E-state index in [1.165, 1.54) is 32.2 Å². The number of amides is 1. The second-order valence-electron chi connectivity index (χ2n) is 8.63. The topological polar surface area (TPSA) is 88.1 Å². The van der Waals surface area contributed by atoms with Crippen molar-refractivity contribution in [2.24, 2.45) is 11.8 Å². The van der Waals surface area contributed by atoms with Crippen LogP contribution in [0.4, 0.5) is 13.2 Å². The highest BCUT2D eigenvalue weighted by atomic mass is 19.4. The van der Waals surface area contributed by atoms with Crippen LogP contribution in [0.2, 0.25) is 0 Å². The molecular formula is C20H31F3N2O5. The normalized spacial score (nSPS) is 30.6. The quantitative estimate of drug-likeness (QED) is 0.703. The maximum Gasteiger partial charge on any atom is 0.490 e. The van der Waals surface area contributed by atoms with Gasteiger partial charge in [-0.05, 0) is 56.9 Å². The average Bonchev–Trinajstić information content (AvgIpc) is 3.09. The van der Waals surface area contributed by atoms with E-state index in [4.69, 9.17) is 19.4 Å². The van der Waals surface area contributed by atoms with Crippen molar-refractivity contribution in [2.45, 2.75) is 69.4 Å². The van der Waals surface area contributed by atoms with Gasteiger partial charge in [0, 0.05) is 32.3 Å². The van der Waals surface area contributed by atoms with Gasteiger partial charge >= 0.3 is 12.1 Å². The van der Waals surface area contributed by atoms with Crippen LogP contribution in [0.15, 0.2) is 0 Å². The van der Waals surface area contributed by atoms with Crippen molar-refractivity contribution in [3.05, 3.63) is 0 Å². The number of halogens is 3. The van der Waals surface area contributed by atoms with Crippen molar-refractivity contribution < 1.29 is 37.3 Å². The molecule has 0 bridgehead atoms. The Kier molecular flexibility index (Phi) is 7.98. The van der Waals surface area contributed by atoms with E-state index in [2.05, 4.69) is 10.2 Å². The summed E-state index contributed by atoms with van der Waals surface area (Å²) in [6.45, 7) is 4.69. The zero-order valence-electron chi connectivity index (χ0n) is 17.0. The highest BCUT2D eigenvalue weighted by Gasteiger charge is 2.43. The summed E-state index contributed by atoms with van der Waals surface area (Å²) in [5.74, 6) is -1.48. The number of fused-ring (bicyclic) bond motifs is 1. The second kappa shape index (κ2) is 10.3. The first-order valence-electron chi connectivity index (χ1n) is 10.8. The smallest absolute Gasteiger partial charge is 0.475 e. The van der Waals surface area contributed by atoms with E-state index < -0.39 is 12.1 Å². The van der Waals surface area contributed by atoms with E-state index in [0.717, 1.165) is 51.6 Å². The van der Waals surface area contributed by atoms with Crippen LogP contribution in [-0.4, -0.2) is 79.2 Å². The van der Waals surface area contributed by atoms with Gasteiger partial charge in [0.2, 0.25) is 5.91 Å². The number of carbonyl (C=O) groups excluding carboxylic acids is 1. The zero-order chi connectivity index (χ0) is 21.7. The fraction of sp³-hybridized carbons (Fsp3) is 0.900. The summed E-state index contributed by atoms with van der Waals surface area (Å²) < 4.78 is 43.2. The molecule has 3 heterocycles. The van der Waals surface area contributed by atoms with E-state index in [1.807, 2.05) is 0 Å². The Morgan fingerprint density at radius 3 is 2.33 bits per heavy atom. The van der Waals surface area contributed by atoms with Crippen LogP contribution < -0.4 is 5.32 Å². The minimum absolute atomic E-state index is 0.112. The molecule has 2 N–H and O–H groups in total. The molecule has 0 aromatic rings. The van der Waals surface area contributed by atoms with Crippen LogP contribution >= 0.6 is 0 Å². The van der Waals surface area contributed by atoms with Gasteiger partial charge in [0.05, 0.1) is 6.10 Å². The summed E-state index contributed by atoms with van der Waals surface area (Å²) >= 11 is 0. The Hall–Kier alpha value is -1.39.